The van der Waals surface area contributed by atoms with E-state index in [1.807, 2.05) is 30.3 Å². The molecule has 8 N–H and O–H groups in total. The number of nitrogens with one attached hydrogen (secondary N) is 3. The number of rotatable bonds is 16. The van der Waals surface area contributed by atoms with Crippen LogP contribution < -0.4 is 22.1 Å². The molecule has 0 fully saturated rings. The molecule has 0 spiro atoms. The third-order valence-electron chi connectivity index (χ3n) is 5.16. The van der Waals surface area contributed by atoms with Crippen LogP contribution in [0.4, 0.5) is 0 Å². The molecule has 0 aliphatic heterocycles. The summed E-state index contributed by atoms with van der Waals surface area (Å²) in [7, 11) is 0. The second kappa shape index (κ2) is 15.0. The molecule has 1 aromatic heterocycles. The molecular weight excluding hydrogens is 454 g/mol. The Labute approximate surface area is 203 Å². The molecule has 0 radical (unpaired) electrons. The van der Waals surface area contributed by atoms with Gasteiger partial charge in [0.15, 0.2) is 11.8 Å². The normalized spacial score (nSPS) is 12.3. The lowest BCUT2D eigenvalue weighted by molar-refractivity contribution is -0.140. The Kier molecular flexibility index (Phi) is 11.7. The highest BCUT2D eigenvalue weighted by molar-refractivity contribution is 5.90. The summed E-state index contributed by atoms with van der Waals surface area (Å²) in [5.41, 5.74) is 11.5. The summed E-state index contributed by atoms with van der Waals surface area (Å²) in [6.07, 6.45) is 4.15. The van der Waals surface area contributed by atoms with Gasteiger partial charge in [0.1, 0.15) is 6.04 Å². The van der Waals surface area contributed by atoms with Gasteiger partial charge in [-0.25, -0.2) is 0 Å². The van der Waals surface area contributed by atoms with E-state index in [4.69, 9.17) is 11.5 Å². The molecule has 2 rings (SSSR count). The van der Waals surface area contributed by atoms with Crippen LogP contribution in [0.15, 0.2) is 35.3 Å². The van der Waals surface area contributed by atoms with E-state index in [1.54, 1.807) is 0 Å². The van der Waals surface area contributed by atoms with E-state index in [1.165, 1.54) is 0 Å². The number of hydrogen-bond donors (Lipinski definition) is 6. The molecule has 0 aliphatic rings. The Bertz CT molecular complexity index is 947. The van der Waals surface area contributed by atoms with Crippen molar-refractivity contribution < 1.29 is 19.5 Å². The number of unbranched alkanes of at least 4 members (excludes halogenated alkanes) is 4. The zero-order valence-corrected chi connectivity index (χ0v) is 19.5. The topological polar surface area (TPSA) is 214 Å². The minimum atomic E-state index is -1.23. The van der Waals surface area contributed by atoms with E-state index in [0.717, 1.165) is 31.2 Å². The number of H-pyrrole nitrogens is 1. The molecule has 2 aromatic rings. The zero-order valence-electron chi connectivity index (χ0n) is 19.5. The number of guanidine groups is 1. The standard InChI is InChI=1S/C22H33N9O4/c23-22(24)25-12-8-3-1-2-7-11-18(32)26-17(14-19(33)34)21(35)27-16(20-28-30-31-29-20)13-15-9-5-4-6-10-15/h4-6,9-10,16-17H,1-3,7-8,11-14H2,(H,26,32)(H,27,35)(H,33,34)(H4,23,24,25)(H,28,29,30,31)/t16-,17-/m0/s1. The summed E-state index contributed by atoms with van der Waals surface area (Å²) in [5.74, 6) is -1.89. The number of carboxylic acids is 1. The Hall–Kier alpha value is -4.03. The lowest BCUT2D eigenvalue weighted by Crippen LogP contribution is -2.49. The Morgan fingerprint density at radius 1 is 1.03 bits per heavy atom. The van der Waals surface area contributed by atoms with Gasteiger partial charge >= 0.3 is 5.97 Å². The quantitative estimate of drug-likeness (QED) is 0.108. The van der Waals surface area contributed by atoms with E-state index in [2.05, 4.69) is 36.3 Å². The molecule has 0 aliphatic carbocycles. The summed E-state index contributed by atoms with van der Waals surface area (Å²) in [4.78, 5) is 40.6. The van der Waals surface area contributed by atoms with Gasteiger partial charge in [-0.1, -0.05) is 54.8 Å². The van der Waals surface area contributed by atoms with Crippen molar-refractivity contribution in [1.82, 2.24) is 31.3 Å². The highest BCUT2D eigenvalue weighted by Crippen LogP contribution is 2.15. The molecule has 190 valence electrons. The maximum Gasteiger partial charge on any atom is 0.305 e. The zero-order chi connectivity index (χ0) is 25.5. The number of hydrogen-bond acceptors (Lipinski definition) is 7. The molecule has 0 saturated heterocycles. The molecule has 35 heavy (non-hydrogen) atoms. The first-order chi connectivity index (χ1) is 16.8. The van der Waals surface area contributed by atoms with Crippen molar-refractivity contribution >= 4 is 23.7 Å². The molecule has 2 atom stereocenters. The molecule has 0 bridgehead atoms. The van der Waals surface area contributed by atoms with Crippen LogP contribution >= 0.6 is 0 Å². The van der Waals surface area contributed by atoms with E-state index < -0.39 is 30.4 Å². The second-order valence-electron chi connectivity index (χ2n) is 8.06. The molecule has 2 amide bonds. The van der Waals surface area contributed by atoms with Gasteiger partial charge in [0, 0.05) is 19.4 Å². The van der Waals surface area contributed by atoms with Gasteiger partial charge in [0.05, 0.1) is 12.5 Å². The Morgan fingerprint density at radius 2 is 1.74 bits per heavy atom. The van der Waals surface area contributed by atoms with E-state index in [0.29, 0.717) is 19.4 Å². The first kappa shape index (κ1) is 27.2. The molecule has 13 nitrogen and oxygen atoms in total. The Balaban J connectivity index is 1.87. The smallest absolute Gasteiger partial charge is 0.305 e. The monoisotopic (exact) mass is 487 g/mol. The number of amides is 2. The number of nitrogens with zero attached hydrogens (tertiary/aromatic N) is 4. The molecular formula is C22H33N9O4. The van der Waals surface area contributed by atoms with Crippen LogP contribution in [0.3, 0.4) is 0 Å². The minimum absolute atomic E-state index is 0.0744. The van der Waals surface area contributed by atoms with Crippen molar-refractivity contribution in [2.45, 2.75) is 63.5 Å². The highest BCUT2D eigenvalue weighted by Gasteiger charge is 2.27. The number of carbonyl (C=O) groups is 3. The SMILES string of the molecule is NC(N)=NCCCCCCCC(=O)N[C@@H](CC(=O)O)C(=O)N[C@@H](Cc1ccccc1)c1nn[nH]n1. The average Bonchev–Trinajstić information content (AvgIpc) is 3.35. The second-order valence-corrected chi connectivity index (χ2v) is 8.06. The molecule has 1 heterocycles. The number of aliphatic carboxylic acids is 1. The van der Waals surface area contributed by atoms with Crippen LogP contribution in [0, 0.1) is 0 Å². The van der Waals surface area contributed by atoms with E-state index >= 15 is 0 Å². The van der Waals surface area contributed by atoms with Gasteiger partial charge in [0.2, 0.25) is 11.8 Å². The molecule has 13 heteroatoms. The summed E-state index contributed by atoms with van der Waals surface area (Å²) >= 11 is 0. The average molecular weight is 488 g/mol. The fourth-order valence-corrected chi connectivity index (χ4v) is 3.43. The van der Waals surface area contributed by atoms with Crippen molar-refractivity contribution in [2.24, 2.45) is 16.5 Å². The minimum Gasteiger partial charge on any atom is -0.481 e. The first-order valence-corrected chi connectivity index (χ1v) is 11.5. The number of carbonyl (C=O) groups excluding carboxylic acids is 2. The van der Waals surface area contributed by atoms with Crippen LogP contribution in [-0.4, -0.2) is 62.1 Å². The van der Waals surface area contributed by atoms with Gasteiger partial charge in [-0.05, 0) is 18.4 Å². The summed E-state index contributed by atoms with van der Waals surface area (Å²) in [6.45, 7) is 0.573. The maximum atomic E-state index is 12.9. The number of nitrogens with two attached hydrogens (primary N) is 2. The van der Waals surface area contributed by atoms with Crippen LogP contribution in [0.2, 0.25) is 0 Å². The summed E-state index contributed by atoms with van der Waals surface area (Å²) in [5, 5.41) is 28.3. The number of aliphatic imine (C=N–C) groups is 1. The first-order valence-electron chi connectivity index (χ1n) is 11.5. The molecule has 0 unspecified atom stereocenters. The lowest BCUT2D eigenvalue weighted by Gasteiger charge is -2.21. The highest BCUT2D eigenvalue weighted by atomic mass is 16.4. The predicted molar refractivity (Wildman–Crippen MR) is 128 cm³/mol. The number of benzene rings is 1. The van der Waals surface area contributed by atoms with Gasteiger partial charge in [-0.2, -0.15) is 5.21 Å². The van der Waals surface area contributed by atoms with E-state index in [-0.39, 0.29) is 24.1 Å². The van der Waals surface area contributed by atoms with Crippen molar-refractivity contribution in [3.05, 3.63) is 41.7 Å². The maximum absolute atomic E-state index is 12.9. The number of tetrazole rings is 1. The van der Waals surface area contributed by atoms with Gasteiger partial charge in [-0.15, -0.1) is 10.2 Å². The predicted octanol–water partition coefficient (Wildman–Crippen LogP) is 0.173. The Morgan fingerprint density at radius 3 is 2.40 bits per heavy atom. The van der Waals surface area contributed by atoms with Crippen LogP contribution in [0.5, 0.6) is 0 Å². The van der Waals surface area contributed by atoms with Crippen molar-refractivity contribution in [3.63, 3.8) is 0 Å². The van der Waals surface area contributed by atoms with Crippen molar-refractivity contribution in [2.75, 3.05) is 6.54 Å². The summed E-state index contributed by atoms with van der Waals surface area (Å²) in [6, 6.07) is 7.48. The third kappa shape index (κ3) is 11.1. The van der Waals surface area contributed by atoms with Crippen molar-refractivity contribution in [3.8, 4) is 0 Å². The number of carboxylic acid groups (broad SMARTS) is 1. The lowest BCUT2D eigenvalue weighted by atomic mass is 10.0. The molecule has 0 saturated carbocycles. The summed E-state index contributed by atoms with van der Waals surface area (Å²) < 4.78 is 0. The van der Waals surface area contributed by atoms with Crippen LogP contribution in [-0.2, 0) is 20.8 Å². The fraction of sp³-hybridized carbons (Fsp3) is 0.500. The van der Waals surface area contributed by atoms with Gasteiger partial charge in [0.25, 0.3) is 0 Å². The van der Waals surface area contributed by atoms with Gasteiger partial charge < -0.3 is 27.2 Å². The van der Waals surface area contributed by atoms with E-state index in [9.17, 15) is 19.5 Å². The van der Waals surface area contributed by atoms with Crippen LogP contribution in [0.25, 0.3) is 0 Å². The number of aromatic nitrogens is 4. The third-order valence-corrected chi connectivity index (χ3v) is 5.16. The number of aromatic amines is 1. The largest absolute Gasteiger partial charge is 0.481 e. The van der Waals surface area contributed by atoms with Crippen molar-refractivity contribution in [1.29, 1.82) is 0 Å². The van der Waals surface area contributed by atoms with Gasteiger partial charge in [-0.3, -0.25) is 19.4 Å². The van der Waals surface area contributed by atoms with Crippen LogP contribution in [0.1, 0.15) is 62.4 Å². The molecule has 1 aromatic carbocycles. The fourth-order valence-electron chi connectivity index (χ4n) is 3.43.